The van der Waals surface area contributed by atoms with Crippen LogP contribution in [0.5, 0.6) is 5.75 Å². The lowest BCUT2D eigenvalue weighted by atomic mass is 10.1. The molecular weight excluding hydrogens is 268 g/mol. The Kier molecular flexibility index (Phi) is 3.45. The summed E-state index contributed by atoms with van der Waals surface area (Å²) in [6.07, 6.45) is 3.95. The molecule has 0 atom stereocenters. The zero-order chi connectivity index (χ0) is 15.0. The van der Waals surface area contributed by atoms with Gasteiger partial charge in [0, 0.05) is 23.9 Å². The maximum absolute atomic E-state index is 12.2. The number of rotatable bonds is 4. The summed E-state index contributed by atoms with van der Waals surface area (Å²) in [6, 6.07) is 5.09. The van der Waals surface area contributed by atoms with Crippen molar-refractivity contribution in [2.45, 2.75) is 39.5 Å². The molecule has 4 nitrogen and oxygen atoms in total. The lowest BCUT2D eigenvalue weighted by molar-refractivity contribution is 0.455. The largest absolute Gasteiger partial charge is 0.508 e. The van der Waals surface area contributed by atoms with Crippen LogP contribution in [0, 0.1) is 6.92 Å². The van der Waals surface area contributed by atoms with Gasteiger partial charge >= 0.3 is 5.63 Å². The molecule has 3 aromatic rings. The topological polar surface area (TPSA) is 63.6 Å². The number of hydrogen-bond donors (Lipinski definition) is 1. The van der Waals surface area contributed by atoms with E-state index in [4.69, 9.17) is 8.83 Å². The van der Waals surface area contributed by atoms with Crippen LogP contribution >= 0.6 is 0 Å². The fourth-order valence-electron chi connectivity index (χ4n) is 2.59. The molecule has 4 heteroatoms. The molecule has 0 saturated heterocycles. The molecule has 0 unspecified atom stereocenters. The van der Waals surface area contributed by atoms with Crippen LogP contribution in [0.25, 0.3) is 21.9 Å². The average molecular weight is 286 g/mol. The van der Waals surface area contributed by atoms with Crippen molar-refractivity contribution in [1.29, 1.82) is 0 Å². The average Bonchev–Trinajstić information content (AvgIpc) is 2.77. The fourth-order valence-corrected chi connectivity index (χ4v) is 2.59. The van der Waals surface area contributed by atoms with Crippen LogP contribution in [-0.4, -0.2) is 5.11 Å². The van der Waals surface area contributed by atoms with Crippen LogP contribution in [-0.2, 0) is 6.42 Å². The highest BCUT2D eigenvalue weighted by Crippen LogP contribution is 2.31. The summed E-state index contributed by atoms with van der Waals surface area (Å²) in [5.41, 5.74) is 1.36. The van der Waals surface area contributed by atoms with Crippen LogP contribution < -0.4 is 5.63 Å². The molecule has 0 radical (unpaired) electrons. The number of phenols is 1. The first-order valence-electron chi connectivity index (χ1n) is 7.29. The summed E-state index contributed by atoms with van der Waals surface area (Å²) in [4.78, 5) is 12.2. The van der Waals surface area contributed by atoms with Crippen molar-refractivity contribution in [3.63, 3.8) is 0 Å². The third-order valence-corrected chi connectivity index (χ3v) is 3.78. The molecular formula is C17H18O4. The highest BCUT2D eigenvalue weighted by Gasteiger charge is 2.15. The number of aryl methyl sites for hydroxylation is 2. The summed E-state index contributed by atoms with van der Waals surface area (Å²) < 4.78 is 11.1. The van der Waals surface area contributed by atoms with E-state index in [2.05, 4.69) is 6.92 Å². The predicted octanol–water partition coefficient (Wildman–Crippen LogP) is 4.29. The van der Waals surface area contributed by atoms with Crippen LogP contribution in [0.15, 0.2) is 31.8 Å². The van der Waals surface area contributed by atoms with Gasteiger partial charge in [0.05, 0.1) is 0 Å². The maximum atomic E-state index is 12.2. The van der Waals surface area contributed by atoms with Gasteiger partial charge in [-0.15, -0.1) is 0 Å². The molecule has 110 valence electrons. The number of furan rings is 1. The second-order valence-corrected chi connectivity index (χ2v) is 5.43. The number of benzene rings is 1. The second kappa shape index (κ2) is 5.28. The van der Waals surface area contributed by atoms with Crippen LogP contribution in [0.1, 0.15) is 37.5 Å². The molecule has 2 aromatic heterocycles. The molecule has 0 aliphatic rings. The predicted molar refractivity (Wildman–Crippen MR) is 81.9 cm³/mol. The molecule has 2 heterocycles. The smallest absolute Gasteiger partial charge is 0.347 e. The summed E-state index contributed by atoms with van der Waals surface area (Å²) >= 11 is 0. The van der Waals surface area contributed by atoms with Crippen LogP contribution in [0.3, 0.4) is 0 Å². The van der Waals surface area contributed by atoms with E-state index in [0.29, 0.717) is 33.3 Å². The monoisotopic (exact) mass is 286 g/mol. The first-order valence-corrected chi connectivity index (χ1v) is 7.29. The number of phenolic OH excluding ortho intramolecular Hbond substituents is 1. The molecule has 0 aliphatic heterocycles. The molecule has 0 saturated carbocycles. The van der Waals surface area contributed by atoms with Gasteiger partial charge in [-0.05, 0) is 25.0 Å². The molecule has 21 heavy (non-hydrogen) atoms. The lowest BCUT2D eigenvalue weighted by Gasteiger charge is -1.99. The van der Waals surface area contributed by atoms with Crippen molar-refractivity contribution in [1.82, 2.24) is 0 Å². The van der Waals surface area contributed by atoms with Crippen molar-refractivity contribution in [3.8, 4) is 5.75 Å². The normalized spacial score (nSPS) is 11.5. The fraction of sp³-hybridized carbons (Fsp3) is 0.353. The minimum atomic E-state index is -0.372. The van der Waals surface area contributed by atoms with Gasteiger partial charge in [0.1, 0.15) is 28.1 Å². The first-order chi connectivity index (χ1) is 10.1. The Morgan fingerprint density at radius 2 is 1.90 bits per heavy atom. The Labute approximate surface area is 122 Å². The summed E-state index contributed by atoms with van der Waals surface area (Å²) in [5.74, 6) is 0.815. The number of unbranched alkanes of at least 4 members (excludes halogenated alkanes) is 2. The number of fused-ring (bicyclic) bond motifs is 3. The Morgan fingerprint density at radius 3 is 2.67 bits per heavy atom. The van der Waals surface area contributed by atoms with Crippen molar-refractivity contribution < 1.29 is 13.9 Å². The van der Waals surface area contributed by atoms with Gasteiger partial charge in [-0.3, -0.25) is 0 Å². The Hall–Kier alpha value is -2.23. The zero-order valence-electron chi connectivity index (χ0n) is 12.2. The molecule has 1 aromatic carbocycles. The van der Waals surface area contributed by atoms with Gasteiger partial charge in [-0.1, -0.05) is 19.8 Å². The molecule has 0 amide bonds. The molecule has 0 fully saturated rings. The third-order valence-electron chi connectivity index (χ3n) is 3.78. The third kappa shape index (κ3) is 2.42. The lowest BCUT2D eigenvalue weighted by Crippen LogP contribution is -2.01. The SMILES string of the molecule is CCCCCc1cc2oc3cc(O)c(C)cc3c2c(=O)o1. The standard InChI is InChI=1S/C17H18O4/c1-3-4-5-6-11-8-15-16(17(19)20-11)12-7-10(2)13(18)9-14(12)21-15/h7-9,18H,3-6H2,1-2H3. The quantitative estimate of drug-likeness (QED) is 0.727. The molecule has 1 N–H and O–H groups in total. The van der Waals surface area contributed by atoms with Gasteiger partial charge in [0.2, 0.25) is 0 Å². The Bertz CT molecular complexity index is 854. The zero-order valence-corrected chi connectivity index (χ0v) is 12.2. The minimum Gasteiger partial charge on any atom is -0.508 e. The summed E-state index contributed by atoms with van der Waals surface area (Å²) in [7, 11) is 0. The summed E-state index contributed by atoms with van der Waals surface area (Å²) in [6.45, 7) is 3.92. The van der Waals surface area contributed by atoms with Crippen molar-refractivity contribution in [3.05, 3.63) is 39.9 Å². The van der Waals surface area contributed by atoms with Crippen molar-refractivity contribution in [2.24, 2.45) is 0 Å². The summed E-state index contributed by atoms with van der Waals surface area (Å²) in [5, 5.41) is 10.9. The van der Waals surface area contributed by atoms with E-state index in [1.54, 1.807) is 25.1 Å². The Morgan fingerprint density at radius 1 is 1.10 bits per heavy atom. The van der Waals surface area contributed by atoms with Gasteiger partial charge in [0.15, 0.2) is 0 Å². The van der Waals surface area contributed by atoms with Gasteiger partial charge in [-0.2, -0.15) is 0 Å². The van der Waals surface area contributed by atoms with Crippen molar-refractivity contribution >= 4 is 21.9 Å². The van der Waals surface area contributed by atoms with Crippen LogP contribution in [0.2, 0.25) is 0 Å². The molecule has 0 aliphatic carbocycles. The van der Waals surface area contributed by atoms with E-state index in [9.17, 15) is 9.90 Å². The van der Waals surface area contributed by atoms with Crippen molar-refractivity contribution in [2.75, 3.05) is 0 Å². The van der Waals surface area contributed by atoms with Gasteiger partial charge in [-0.25, -0.2) is 4.79 Å². The van der Waals surface area contributed by atoms with Gasteiger partial charge < -0.3 is 13.9 Å². The maximum Gasteiger partial charge on any atom is 0.347 e. The van der Waals surface area contributed by atoms with E-state index in [-0.39, 0.29) is 11.4 Å². The van der Waals surface area contributed by atoms with E-state index in [1.165, 1.54) is 0 Å². The first kappa shape index (κ1) is 13.7. The highest BCUT2D eigenvalue weighted by atomic mass is 16.4. The highest BCUT2D eigenvalue weighted by molar-refractivity contribution is 6.04. The molecule has 0 bridgehead atoms. The number of hydrogen-bond acceptors (Lipinski definition) is 4. The Balaban J connectivity index is 2.15. The van der Waals surface area contributed by atoms with E-state index >= 15 is 0 Å². The van der Waals surface area contributed by atoms with E-state index in [1.807, 2.05) is 0 Å². The number of aromatic hydroxyl groups is 1. The molecule has 0 spiro atoms. The van der Waals surface area contributed by atoms with E-state index < -0.39 is 0 Å². The van der Waals surface area contributed by atoms with E-state index in [0.717, 1.165) is 25.7 Å². The minimum absolute atomic E-state index is 0.161. The second-order valence-electron chi connectivity index (χ2n) is 5.43. The molecule has 3 rings (SSSR count). The van der Waals surface area contributed by atoms with Crippen LogP contribution in [0.4, 0.5) is 0 Å². The van der Waals surface area contributed by atoms with Gasteiger partial charge in [0.25, 0.3) is 0 Å².